The third kappa shape index (κ3) is 10.9. The van der Waals surface area contributed by atoms with E-state index < -0.39 is 66.2 Å². The molecule has 0 fully saturated rings. The molecule has 0 saturated heterocycles. The van der Waals surface area contributed by atoms with Crippen LogP contribution in [0.15, 0.2) is 12.5 Å². The van der Waals surface area contributed by atoms with Gasteiger partial charge < -0.3 is 42.6 Å². The predicted octanol–water partition coefficient (Wildman–Crippen LogP) is -2.40. The fourth-order valence-electron chi connectivity index (χ4n) is 3.16. The van der Waals surface area contributed by atoms with Gasteiger partial charge in [-0.1, -0.05) is 13.8 Å². The number of aliphatic carboxylic acids is 2. The van der Waals surface area contributed by atoms with Crippen molar-refractivity contribution in [1.82, 2.24) is 25.9 Å². The Labute approximate surface area is 206 Å². The Morgan fingerprint density at radius 3 is 2.06 bits per heavy atom. The SMILES string of the molecule is CC(C)CC(NC(=O)C(N)CCC(=O)O)C(=O)NC(Cc1cnc[nH]1)C(=O)NC(CC(N)=O)C(=O)O. The van der Waals surface area contributed by atoms with Crippen molar-refractivity contribution >= 4 is 35.6 Å². The van der Waals surface area contributed by atoms with Gasteiger partial charge in [-0.25, -0.2) is 9.78 Å². The predicted molar refractivity (Wildman–Crippen MR) is 124 cm³/mol. The van der Waals surface area contributed by atoms with E-state index in [1.54, 1.807) is 13.8 Å². The van der Waals surface area contributed by atoms with Crippen molar-refractivity contribution in [1.29, 1.82) is 0 Å². The molecule has 0 aliphatic rings. The number of hydrogen-bond donors (Lipinski definition) is 8. The zero-order chi connectivity index (χ0) is 27.4. The topological polar surface area (TPSA) is 260 Å². The highest BCUT2D eigenvalue weighted by Gasteiger charge is 2.31. The Hall–Kier alpha value is -4.01. The minimum absolute atomic E-state index is 0.0665. The number of carboxylic acids is 2. The summed E-state index contributed by atoms with van der Waals surface area (Å²) in [5, 5.41) is 25.2. The largest absolute Gasteiger partial charge is 0.481 e. The average molecular weight is 512 g/mol. The van der Waals surface area contributed by atoms with Crippen molar-refractivity contribution in [2.45, 2.75) is 70.1 Å². The Kier molecular flexibility index (Phi) is 12.0. The summed E-state index contributed by atoms with van der Waals surface area (Å²) in [6, 6.07) is -5.21. The quantitative estimate of drug-likeness (QED) is 0.117. The molecule has 15 heteroatoms. The molecule has 0 aliphatic carbocycles. The standard InChI is InChI=1S/C21H33N7O8/c1-10(2)5-13(26-18(32)12(22)3-4-17(30)31)19(33)27-14(6-11-8-24-9-25-11)20(34)28-15(21(35)36)7-16(23)29/h8-10,12-15H,3-7,22H2,1-2H3,(H2,23,29)(H,24,25)(H,26,32)(H,27,33)(H,28,34)(H,30,31)(H,35,36). The highest BCUT2D eigenvalue weighted by molar-refractivity contribution is 5.95. The van der Waals surface area contributed by atoms with E-state index in [2.05, 4.69) is 25.9 Å². The van der Waals surface area contributed by atoms with E-state index >= 15 is 0 Å². The summed E-state index contributed by atoms with van der Waals surface area (Å²) in [6.45, 7) is 3.60. The van der Waals surface area contributed by atoms with Gasteiger partial charge in [-0.15, -0.1) is 0 Å². The molecule has 4 unspecified atom stereocenters. The van der Waals surface area contributed by atoms with Crippen molar-refractivity contribution < 1.29 is 39.0 Å². The van der Waals surface area contributed by atoms with E-state index in [1.807, 2.05) is 0 Å². The number of amides is 4. The summed E-state index contributed by atoms with van der Waals surface area (Å²) in [5.41, 5.74) is 11.2. The van der Waals surface area contributed by atoms with E-state index in [0.29, 0.717) is 5.69 Å². The highest BCUT2D eigenvalue weighted by Crippen LogP contribution is 2.08. The molecule has 0 radical (unpaired) electrons. The number of carboxylic acid groups (broad SMARTS) is 2. The Bertz CT molecular complexity index is 935. The van der Waals surface area contributed by atoms with E-state index in [1.165, 1.54) is 12.5 Å². The van der Waals surface area contributed by atoms with Gasteiger partial charge in [0.1, 0.15) is 18.1 Å². The summed E-state index contributed by atoms with van der Waals surface area (Å²) in [6.07, 6.45) is 1.67. The smallest absolute Gasteiger partial charge is 0.326 e. The van der Waals surface area contributed by atoms with Crippen molar-refractivity contribution in [3.63, 3.8) is 0 Å². The second-order valence-electron chi connectivity index (χ2n) is 8.64. The van der Waals surface area contributed by atoms with E-state index in [-0.39, 0.29) is 31.6 Å². The maximum Gasteiger partial charge on any atom is 0.326 e. The van der Waals surface area contributed by atoms with Crippen LogP contribution in [0.1, 0.15) is 45.2 Å². The minimum Gasteiger partial charge on any atom is -0.481 e. The normalized spacial score (nSPS) is 14.2. The molecule has 1 heterocycles. The first-order chi connectivity index (χ1) is 16.8. The van der Waals surface area contributed by atoms with Gasteiger partial charge in [0.05, 0.1) is 18.8 Å². The zero-order valence-corrected chi connectivity index (χ0v) is 20.0. The molecule has 0 aromatic carbocycles. The molecule has 1 aromatic heterocycles. The van der Waals surface area contributed by atoms with Crippen LogP contribution in [0.2, 0.25) is 0 Å². The molecule has 0 spiro atoms. The fourth-order valence-corrected chi connectivity index (χ4v) is 3.16. The van der Waals surface area contributed by atoms with Crippen molar-refractivity contribution in [2.24, 2.45) is 17.4 Å². The van der Waals surface area contributed by atoms with Crippen LogP contribution in [0.3, 0.4) is 0 Å². The van der Waals surface area contributed by atoms with Crippen LogP contribution in [-0.4, -0.2) is 79.9 Å². The van der Waals surface area contributed by atoms with E-state index in [0.717, 1.165) is 0 Å². The molecule has 4 atom stereocenters. The maximum absolute atomic E-state index is 13.1. The molecule has 15 nitrogen and oxygen atoms in total. The molecule has 200 valence electrons. The number of primary amides is 1. The van der Waals surface area contributed by atoms with Gasteiger partial charge in [0.25, 0.3) is 0 Å². The molecule has 1 aromatic rings. The summed E-state index contributed by atoms with van der Waals surface area (Å²) in [4.78, 5) is 78.4. The maximum atomic E-state index is 13.1. The number of rotatable bonds is 16. The lowest BCUT2D eigenvalue weighted by molar-refractivity contribution is -0.143. The van der Waals surface area contributed by atoms with Crippen LogP contribution in [0, 0.1) is 5.92 Å². The number of nitrogens with two attached hydrogens (primary N) is 2. The van der Waals surface area contributed by atoms with Crippen LogP contribution >= 0.6 is 0 Å². The molecule has 4 amide bonds. The molecular formula is C21H33N7O8. The van der Waals surface area contributed by atoms with Crippen LogP contribution in [0.25, 0.3) is 0 Å². The third-order valence-corrected chi connectivity index (χ3v) is 4.98. The molecule has 0 saturated carbocycles. The molecule has 0 bridgehead atoms. The van der Waals surface area contributed by atoms with Gasteiger partial charge in [-0.3, -0.25) is 24.0 Å². The van der Waals surface area contributed by atoms with Gasteiger partial charge >= 0.3 is 11.9 Å². The second-order valence-corrected chi connectivity index (χ2v) is 8.64. The summed E-state index contributed by atoms with van der Waals surface area (Å²) in [7, 11) is 0. The molecular weight excluding hydrogens is 478 g/mol. The Morgan fingerprint density at radius 1 is 0.972 bits per heavy atom. The second kappa shape index (κ2) is 14.4. The van der Waals surface area contributed by atoms with Crippen LogP contribution in [0.5, 0.6) is 0 Å². The van der Waals surface area contributed by atoms with Crippen LogP contribution < -0.4 is 27.4 Å². The summed E-state index contributed by atoms with van der Waals surface area (Å²) in [5.74, 6) is -6.02. The first-order valence-electron chi connectivity index (χ1n) is 11.2. The van der Waals surface area contributed by atoms with Crippen LogP contribution in [-0.2, 0) is 35.2 Å². The third-order valence-electron chi connectivity index (χ3n) is 4.98. The number of nitrogens with zero attached hydrogens (tertiary/aromatic N) is 1. The lowest BCUT2D eigenvalue weighted by Crippen LogP contribution is -2.58. The molecule has 10 N–H and O–H groups in total. The minimum atomic E-state index is -1.62. The van der Waals surface area contributed by atoms with E-state index in [4.69, 9.17) is 16.6 Å². The van der Waals surface area contributed by atoms with Gasteiger partial charge in [-0.2, -0.15) is 0 Å². The van der Waals surface area contributed by atoms with Gasteiger partial charge in [0, 0.05) is 24.7 Å². The molecule has 1 rings (SSSR count). The van der Waals surface area contributed by atoms with Crippen molar-refractivity contribution in [2.75, 3.05) is 0 Å². The highest BCUT2D eigenvalue weighted by atomic mass is 16.4. The number of imidazole rings is 1. The number of aromatic amines is 1. The van der Waals surface area contributed by atoms with Gasteiger partial charge in [0.2, 0.25) is 23.6 Å². The monoisotopic (exact) mass is 511 g/mol. The van der Waals surface area contributed by atoms with Gasteiger partial charge in [-0.05, 0) is 18.8 Å². The zero-order valence-electron chi connectivity index (χ0n) is 20.0. The van der Waals surface area contributed by atoms with Crippen LogP contribution in [0.4, 0.5) is 0 Å². The van der Waals surface area contributed by atoms with Gasteiger partial charge in [0.15, 0.2) is 0 Å². The summed E-state index contributed by atoms with van der Waals surface area (Å²) < 4.78 is 0. The number of nitrogens with one attached hydrogen (secondary N) is 4. The van der Waals surface area contributed by atoms with Crippen molar-refractivity contribution in [3.8, 4) is 0 Å². The lowest BCUT2D eigenvalue weighted by Gasteiger charge is -2.25. The van der Waals surface area contributed by atoms with Crippen molar-refractivity contribution in [3.05, 3.63) is 18.2 Å². The Balaban J connectivity index is 3.05. The first-order valence-corrected chi connectivity index (χ1v) is 11.2. The number of aromatic nitrogens is 2. The molecule has 36 heavy (non-hydrogen) atoms. The van der Waals surface area contributed by atoms with E-state index in [9.17, 15) is 33.9 Å². The summed E-state index contributed by atoms with van der Waals surface area (Å²) >= 11 is 0. The number of hydrogen-bond acceptors (Lipinski definition) is 8. The number of H-pyrrole nitrogens is 1. The molecule has 0 aliphatic heterocycles. The lowest BCUT2D eigenvalue weighted by atomic mass is 10.0. The number of carbonyl (C=O) groups excluding carboxylic acids is 4. The number of carbonyl (C=O) groups is 6. The fraction of sp³-hybridized carbons (Fsp3) is 0.571. The average Bonchev–Trinajstić information content (AvgIpc) is 3.28. The Morgan fingerprint density at radius 2 is 1.56 bits per heavy atom. The first kappa shape index (κ1) is 30.0.